The molecule has 1 fully saturated rings. The fraction of sp³-hybridized carbons (Fsp3) is 0.300. The number of rotatable bonds is 3. The lowest BCUT2D eigenvalue weighted by atomic mass is 9.87. The van der Waals surface area contributed by atoms with E-state index >= 15 is 0 Å². The van der Waals surface area contributed by atoms with E-state index in [1.165, 1.54) is 37.1 Å². The van der Waals surface area contributed by atoms with Crippen LogP contribution in [0.4, 0.5) is 23.2 Å². The van der Waals surface area contributed by atoms with Gasteiger partial charge in [-0.05, 0) is 36.8 Å². The van der Waals surface area contributed by atoms with Crippen LogP contribution in [0.1, 0.15) is 22.6 Å². The van der Waals surface area contributed by atoms with Gasteiger partial charge in [-0.1, -0.05) is 23.7 Å². The van der Waals surface area contributed by atoms with Crippen LogP contribution in [-0.2, 0) is 15.8 Å². The smallest absolute Gasteiger partial charge is 0.344 e. The fourth-order valence-electron chi connectivity index (χ4n) is 3.38. The zero-order chi connectivity index (χ0) is 21.5. The minimum atomic E-state index is -4.48. The molecule has 0 radical (unpaired) electrons. The molecule has 1 aliphatic heterocycles. The highest BCUT2D eigenvalue weighted by molar-refractivity contribution is 6.34. The number of nitrogens with zero attached hydrogens (tertiary/aromatic N) is 1. The lowest BCUT2D eigenvalue weighted by Gasteiger charge is -2.18. The van der Waals surface area contributed by atoms with Crippen LogP contribution in [-0.4, -0.2) is 30.3 Å². The molecule has 0 saturated carbocycles. The number of hydrogen-bond donors (Lipinski definition) is 1. The van der Waals surface area contributed by atoms with E-state index in [4.69, 9.17) is 11.6 Å². The van der Waals surface area contributed by atoms with Crippen LogP contribution in [0.15, 0.2) is 36.4 Å². The number of amides is 2. The molecule has 1 N–H and O–H groups in total. The summed E-state index contributed by atoms with van der Waals surface area (Å²) < 4.78 is 52.0. The highest BCUT2D eigenvalue weighted by Crippen LogP contribution is 2.37. The summed E-state index contributed by atoms with van der Waals surface area (Å²) >= 11 is 6.07. The van der Waals surface area contributed by atoms with E-state index in [9.17, 15) is 27.2 Å². The summed E-state index contributed by atoms with van der Waals surface area (Å²) in [4.78, 5) is 26.7. The van der Waals surface area contributed by atoms with Gasteiger partial charge >= 0.3 is 6.18 Å². The molecule has 1 heterocycles. The summed E-state index contributed by atoms with van der Waals surface area (Å²) in [5.74, 6) is -3.42. The molecule has 154 valence electrons. The number of likely N-dealkylation sites (N-methyl/N-ethyl adjacent to an activating group) is 1. The number of nitrogens with one attached hydrogen (secondary N) is 1. The Labute approximate surface area is 169 Å². The molecule has 2 aromatic carbocycles. The zero-order valence-electron chi connectivity index (χ0n) is 15.5. The van der Waals surface area contributed by atoms with E-state index in [-0.39, 0.29) is 22.8 Å². The summed E-state index contributed by atoms with van der Waals surface area (Å²) in [6.07, 6.45) is -4.48. The number of anilines is 1. The van der Waals surface area contributed by atoms with Gasteiger partial charge in [0.15, 0.2) is 0 Å². The third-order valence-corrected chi connectivity index (χ3v) is 5.53. The Balaban J connectivity index is 1.88. The first-order valence-corrected chi connectivity index (χ1v) is 9.06. The van der Waals surface area contributed by atoms with Gasteiger partial charge in [0.2, 0.25) is 11.8 Å². The van der Waals surface area contributed by atoms with Gasteiger partial charge in [0.1, 0.15) is 11.7 Å². The van der Waals surface area contributed by atoms with Gasteiger partial charge in [-0.3, -0.25) is 9.59 Å². The van der Waals surface area contributed by atoms with Crippen LogP contribution < -0.4 is 5.32 Å². The molecular weight excluding hydrogens is 412 g/mol. The lowest BCUT2D eigenvalue weighted by Crippen LogP contribution is -2.32. The Hall–Kier alpha value is -2.61. The van der Waals surface area contributed by atoms with Crippen molar-refractivity contribution >= 4 is 29.1 Å². The Morgan fingerprint density at radius 2 is 1.79 bits per heavy atom. The number of alkyl halides is 3. The monoisotopic (exact) mass is 428 g/mol. The Morgan fingerprint density at radius 3 is 2.38 bits per heavy atom. The molecule has 0 spiro atoms. The Kier molecular flexibility index (Phi) is 5.58. The van der Waals surface area contributed by atoms with Gasteiger partial charge in [-0.2, -0.15) is 13.2 Å². The zero-order valence-corrected chi connectivity index (χ0v) is 16.2. The second-order valence-corrected chi connectivity index (χ2v) is 7.32. The third kappa shape index (κ3) is 4.07. The second-order valence-electron chi connectivity index (χ2n) is 6.95. The van der Waals surface area contributed by atoms with Gasteiger partial charge in [-0.25, -0.2) is 4.39 Å². The van der Waals surface area contributed by atoms with Crippen molar-refractivity contribution < 1.29 is 27.2 Å². The molecule has 2 aromatic rings. The Morgan fingerprint density at radius 1 is 1.17 bits per heavy atom. The molecule has 9 heteroatoms. The summed E-state index contributed by atoms with van der Waals surface area (Å²) in [5.41, 5.74) is -0.0616. The van der Waals surface area contributed by atoms with Crippen molar-refractivity contribution in [1.29, 1.82) is 0 Å². The maximum Gasteiger partial charge on any atom is 0.416 e. The minimum Gasteiger partial charge on any atom is -0.344 e. The fourth-order valence-corrected chi connectivity index (χ4v) is 3.58. The Bertz CT molecular complexity index is 960. The van der Waals surface area contributed by atoms with Gasteiger partial charge in [0.05, 0.1) is 16.3 Å². The number of hydrogen-bond acceptors (Lipinski definition) is 2. The van der Waals surface area contributed by atoms with E-state index < -0.39 is 41.2 Å². The molecule has 2 amide bonds. The van der Waals surface area contributed by atoms with Crippen molar-refractivity contribution in [3.05, 3.63) is 63.9 Å². The van der Waals surface area contributed by atoms with Gasteiger partial charge in [-0.15, -0.1) is 0 Å². The van der Waals surface area contributed by atoms with Crippen LogP contribution >= 0.6 is 11.6 Å². The van der Waals surface area contributed by atoms with Crippen LogP contribution in [0.3, 0.4) is 0 Å². The average Bonchev–Trinajstić information content (AvgIpc) is 2.96. The lowest BCUT2D eigenvalue weighted by molar-refractivity contribution is -0.138. The van der Waals surface area contributed by atoms with E-state index in [0.29, 0.717) is 5.56 Å². The summed E-state index contributed by atoms with van der Waals surface area (Å²) in [6, 6.07) is 6.83. The third-order valence-electron chi connectivity index (χ3n) is 5.04. The summed E-state index contributed by atoms with van der Waals surface area (Å²) in [5, 5.41) is 2.56. The van der Waals surface area contributed by atoms with Crippen molar-refractivity contribution in [2.45, 2.75) is 19.0 Å². The van der Waals surface area contributed by atoms with E-state index in [0.717, 1.165) is 18.2 Å². The second kappa shape index (κ2) is 7.67. The summed E-state index contributed by atoms with van der Waals surface area (Å²) in [7, 11) is 1.52. The van der Waals surface area contributed by atoms with Crippen LogP contribution in [0.25, 0.3) is 0 Å². The number of carbonyl (C=O) groups excluding carboxylic acids is 2. The minimum absolute atomic E-state index is 0.0169. The van der Waals surface area contributed by atoms with Crippen LogP contribution in [0.5, 0.6) is 0 Å². The van der Waals surface area contributed by atoms with Crippen molar-refractivity contribution in [2.24, 2.45) is 5.92 Å². The predicted molar refractivity (Wildman–Crippen MR) is 100 cm³/mol. The molecule has 2 atom stereocenters. The first kappa shape index (κ1) is 21.1. The first-order chi connectivity index (χ1) is 13.5. The topological polar surface area (TPSA) is 49.4 Å². The van der Waals surface area contributed by atoms with Gasteiger partial charge < -0.3 is 10.2 Å². The van der Waals surface area contributed by atoms with Gasteiger partial charge in [0, 0.05) is 25.1 Å². The highest BCUT2D eigenvalue weighted by Gasteiger charge is 2.44. The average molecular weight is 429 g/mol. The molecule has 4 nitrogen and oxygen atoms in total. The first-order valence-electron chi connectivity index (χ1n) is 8.68. The maximum absolute atomic E-state index is 13.6. The molecule has 29 heavy (non-hydrogen) atoms. The van der Waals surface area contributed by atoms with E-state index in [1.807, 2.05) is 0 Å². The summed E-state index contributed by atoms with van der Waals surface area (Å²) in [6.45, 7) is 1.63. The molecule has 1 aliphatic rings. The standard InChI is InChI=1S/C20H17ClF4N2O2/c1-10-14(22)7-8-15(17(10)21)26-18(28)16-13(9-27(2)19(16)29)11-3-5-12(6-4-11)20(23,24)25/h3-8,13,16H,9H2,1-2H3,(H,26,28)/t13-,16+/m0/s1. The van der Waals surface area contributed by atoms with E-state index in [2.05, 4.69) is 5.32 Å². The van der Waals surface area contributed by atoms with Crippen molar-refractivity contribution in [2.75, 3.05) is 18.9 Å². The number of halogens is 5. The van der Waals surface area contributed by atoms with E-state index in [1.54, 1.807) is 0 Å². The quantitative estimate of drug-likeness (QED) is 0.573. The van der Waals surface area contributed by atoms with Crippen molar-refractivity contribution in [3.63, 3.8) is 0 Å². The normalized spacial score (nSPS) is 19.6. The highest BCUT2D eigenvalue weighted by atomic mass is 35.5. The number of carbonyl (C=O) groups is 2. The SMILES string of the molecule is Cc1c(F)ccc(NC(=O)[C@@H]2C(=O)N(C)C[C@H]2c2ccc(C(F)(F)F)cc2)c1Cl. The molecule has 3 rings (SSSR count). The van der Waals surface area contributed by atoms with Crippen molar-refractivity contribution in [3.8, 4) is 0 Å². The molecule has 0 bridgehead atoms. The molecule has 0 aromatic heterocycles. The number of likely N-dealkylation sites (tertiary alicyclic amines) is 1. The van der Waals surface area contributed by atoms with Gasteiger partial charge in [0.25, 0.3) is 0 Å². The molecule has 1 saturated heterocycles. The number of benzene rings is 2. The van der Waals surface area contributed by atoms with Crippen LogP contribution in [0.2, 0.25) is 5.02 Å². The largest absolute Gasteiger partial charge is 0.416 e. The molecule has 0 unspecified atom stereocenters. The predicted octanol–water partition coefficient (Wildman–Crippen LogP) is 4.62. The van der Waals surface area contributed by atoms with Crippen molar-refractivity contribution in [1.82, 2.24) is 4.90 Å². The molecule has 0 aliphatic carbocycles. The van der Waals surface area contributed by atoms with Crippen LogP contribution in [0, 0.1) is 18.7 Å². The molecular formula is C20H17ClF4N2O2. The maximum atomic E-state index is 13.6.